The monoisotopic (exact) mass is 260 g/mol. The van der Waals surface area contributed by atoms with Crippen LogP contribution in [0.25, 0.3) is 6.08 Å². The van der Waals surface area contributed by atoms with Crippen molar-refractivity contribution in [2.24, 2.45) is 0 Å². The van der Waals surface area contributed by atoms with Gasteiger partial charge in [0.25, 0.3) is 0 Å². The summed E-state index contributed by atoms with van der Waals surface area (Å²) in [5.74, 6) is -0.296. The van der Waals surface area contributed by atoms with E-state index in [-0.39, 0.29) is 5.97 Å². The van der Waals surface area contributed by atoms with Crippen LogP contribution in [0.3, 0.4) is 0 Å². The Morgan fingerprint density at radius 2 is 2.21 bits per heavy atom. The molecule has 0 aromatic heterocycles. The van der Waals surface area contributed by atoms with Crippen LogP contribution in [0.2, 0.25) is 0 Å². The summed E-state index contributed by atoms with van der Waals surface area (Å²) in [6, 6.07) is 8.21. The number of nitrogens with one attached hydrogen (secondary N) is 1. The van der Waals surface area contributed by atoms with Crippen molar-refractivity contribution in [3.8, 4) is 0 Å². The molecule has 19 heavy (non-hydrogen) atoms. The minimum Gasteiger partial charge on any atom is -0.463 e. The van der Waals surface area contributed by atoms with Gasteiger partial charge in [-0.1, -0.05) is 12.1 Å². The van der Waals surface area contributed by atoms with Crippen molar-refractivity contribution in [2.45, 2.75) is 6.92 Å². The fourth-order valence-corrected chi connectivity index (χ4v) is 2.10. The first kappa shape index (κ1) is 13.6. The van der Waals surface area contributed by atoms with Crippen LogP contribution < -0.4 is 10.2 Å². The molecule has 1 N–H and O–H groups in total. The summed E-state index contributed by atoms with van der Waals surface area (Å²) >= 11 is 0. The molecule has 0 radical (unpaired) electrons. The van der Waals surface area contributed by atoms with E-state index in [0.29, 0.717) is 6.61 Å². The number of piperazine rings is 1. The zero-order valence-corrected chi connectivity index (χ0v) is 11.3. The molecule has 0 aliphatic carbocycles. The maximum atomic E-state index is 11.3. The molecule has 0 saturated carbocycles. The van der Waals surface area contributed by atoms with Crippen LogP contribution in [0.1, 0.15) is 12.5 Å². The summed E-state index contributed by atoms with van der Waals surface area (Å²) < 4.78 is 4.87. The molecule has 2 rings (SSSR count). The highest BCUT2D eigenvalue weighted by atomic mass is 16.5. The molecule has 0 spiro atoms. The van der Waals surface area contributed by atoms with Gasteiger partial charge in [-0.15, -0.1) is 0 Å². The van der Waals surface area contributed by atoms with Gasteiger partial charge >= 0.3 is 5.97 Å². The van der Waals surface area contributed by atoms with Crippen LogP contribution in [-0.2, 0) is 9.53 Å². The second-order valence-electron chi connectivity index (χ2n) is 4.42. The second kappa shape index (κ2) is 6.95. The lowest BCUT2D eigenvalue weighted by atomic mass is 10.1. The van der Waals surface area contributed by atoms with Crippen molar-refractivity contribution >= 4 is 17.7 Å². The number of hydrogen-bond donors (Lipinski definition) is 1. The van der Waals surface area contributed by atoms with Gasteiger partial charge in [-0.2, -0.15) is 0 Å². The van der Waals surface area contributed by atoms with E-state index in [1.807, 2.05) is 12.1 Å². The van der Waals surface area contributed by atoms with Crippen molar-refractivity contribution in [3.63, 3.8) is 0 Å². The molecular formula is C15H20N2O2. The number of nitrogens with zero attached hydrogens (tertiary/aromatic N) is 1. The first-order valence-corrected chi connectivity index (χ1v) is 6.70. The minimum atomic E-state index is -0.296. The molecule has 0 bridgehead atoms. The number of rotatable bonds is 4. The molecule has 4 heteroatoms. The molecule has 1 heterocycles. The third-order valence-corrected chi connectivity index (χ3v) is 3.05. The summed E-state index contributed by atoms with van der Waals surface area (Å²) in [6.45, 7) is 6.28. The van der Waals surface area contributed by atoms with Crippen LogP contribution in [0.4, 0.5) is 5.69 Å². The maximum absolute atomic E-state index is 11.3. The average molecular weight is 260 g/mol. The largest absolute Gasteiger partial charge is 0.463 e. The third kappa shape index (κ3) is 4.10. The molecule has 0 atom stereocenters. The predicted octanol–water partition coefficient (Wildman–Crippen LogP) is 1.67. The van der Waals surface area contributed by atoms with Crippen LogP contribution in [0.5, 0.6) is 0 Å². The number of benzene rings is 1. The van der Waals surface area contributed by atoms with E-state index in [1.165, 1.54) is 11.8 Å². The third-order valence-electron chi connectivity index (χ3n) is 3.05. The predicted molar refractivity (Wildman–Crippen MR) is 77.2 cm³/mol. The van der Waals surface area contributed by atoms with Crippen molar-refractivity contribution in [1.29, 1.82) is 0 Å². The van der Waals surface area contributed by atoms with E-state index in [4.69, 9.17) is 4.74 Å². The van der Waals surface area contributed by atoms with Gasteiger partial charge in [0.1, 0.15) is 0 Å². The highest BCUT2D eigenvalue weighted by Crippen LogP contribution is 2.17. The molecule has 4 nitrogen and oxygen atoms in total. The summed E-state index contributed by atoms with van der Waals surface area (Å²) in [5.41, 5.74) is 2.22. The van der Waals surface area contributed by atoms with Gasteiger partial charge in [-0.05, 0) is 30.7 Å². The number of carbonyl (C=O) groups excluding carboxylic acids is 1. The summed E-state index contributed by atoms with van der Waals surface area (Å²) in [4.78, 5) is 13.6. The Balaban J connectivity index is 2.04. The number of esters is 1. The summed E-state index contributed by atoms with van der Waals surface area (Å²) in [7, 11) is 0. The second-order valence-corrected chi connectivity index (χ2v) is 4.42. The standard InChI is InChI=1S/C15H20N2O2/c1-2-19-15(18)7-6-13-4-3-5-14(12-13)17-10-8-16-9-11-17/h3-7,12,16H,2,8-11H2,1H3. The summed E-state index contributed by atoms with van der Waals surface area (Å²) in [6.07, 6.45) is 3.27. The van der Waals surface area contributed by atoms with Gasteiger partial charge < -0.3 is 15.0 Å². The van der Waals surface area contributed by atoms with Gasteiger partial charge in [0, 0.05) is 37.9 Å². The van der Waals surface area contributed by atoms with Gasteiger partial charge in [-0.25, -0.2) is 4.79 Å². The molecule has 102 valence electrons. The Hall–Kier alpha value is -1.81. The van der Waals surface area contributed by atoms with Gasteiger partial charge in [0.05, 0.1) is 6.61 Å². The summed E-state index contributed by atoms with van der Waals surface area (Å²) in [5, 5.41) is 3.34. The zero-order chi connectivity index (χ0) is 13.5. The lowest BCUT2D eigenvalue weighted by molar-refractivity contribution is -0.137. The smallest absolute Gasteiger partial charge is 0.330 e. The molecule has 0 unspecified atom stereocenters. The maximum Gasteiger partial charge on any atom is 0.330 e. The van der Waals surface area contributed by atoms with Crippen LogP contribution >= 0.6 is 0 Å². The molecule has 1 aliphatic heterocycles. The van der Waals surface area contributed by atoms with E-state index in [1.54, 1.807) is 13.0 Å². The molecule has 1 fully saturated rings. The van der Waals surface area contributed by atoms with Crippen LogP contribution in [-0.4, -0.2) is 38.8 Å². The molecule has 0 amide bonds. The van der Waals surface area contributed by atoms with E-state index in [9.17, 15) is 4.79 Å². The Kier molecular flexibility index (Phi) is 4.98. The number of carbonyl (C=O) groups is 1. The Morgan fingerprint density at radius 1 is 1.42 bits per heavy atom. The lowest BCUT2D eigenvalue weighted by Crippen LogP contribution is -2.43. The molecule has 1 aliphatic rings. The van der Waals surface area contributed by atoms with Crippen molar-refractivity contribution in [3.05, 3.63) is 35.9 Å². The topological polar surface area (TPSA) is 41.6 Å². The van der Waals surface area contributed by atoms with E-state index < -0.39 is 0 Å². The van der Waals surface area contributed by atoms with Gasteiger partial charge in [-0.3, -0.25) is 0 Å². The fourth-order valence-electron chi connectivity index (χ4n) is 2.10. The zero-order valence-electron chi connectivity index (χ0n) is 11.3. The number of hydrogen-bond acceptors (Lipinski definition) is 4. The SMILES string of the molecule is CCOC(=O)C=Cc1cccc(N2CCNCC2)c1. The van der Waals surface area contributed by atoms with Crippen LogP contribution in [0.15, 0.2) is 30.3 Å². The number of anilines is 1. The van der Waals surface area contributed by atoms with Gasteiger partial charge in [0.2, 0.25) is 0 Å². The van der Waals surface area contributed by atoms with Gasteiger partial charge in [0.15, 0.2) is 0 Å². The Labute approximate surface area is 114 Å². The minimum absolute atomic E-state index is 0.296. The first-order chi connectivity index (χ1) is 9.29. The highest BCUT2D eigenvalue weighted by molar-refractivity contribution is 5.87. The van der Waals surface area contributed by atoms with Crippen LogP contribution in [0, 0.1) is 0 Å². The molecule has 1 saturated heterocycles. The quantitative estimate of drug-likeness (QED) is 0.660. The van der Waals surface area contributed by atoms with E-state index in [2.05, 4.69) is 22.3 Å². The highest BCUT2D eigenvalue weighted by Gasteiger charge is 2.09. The average Bonchev–Trinajstić information content (AvgIpc) is 2.47. The van der Waals surface area contributed by atoms with Crippen molar-refractivity contribution in [1.82, 2.24) is 5.32 Å². The Bertz CT molecular complexity index is 451. The van der Waals surface area contributed by atoms with E-state index >= 15 is 0 Å². The fraction of sp³-hybridized carbons (Fsp3) is 0.400. The first-order valence-electron chi connectivity index (χ1n) is 6.70. The lowest BCUT2D eigenvalue weighted by Gasteiger charge is -2.29. The van der Waals surface area contributed by atoms with E-state index in [0.717, 1.165) is 31.7 Å². The van der Waals surface area contributed by atoms with Crippen molar-refractivity contribution in [2.75, 3.05) is 37.7 Å². The van der Waals surface area contributed by atoms with Crippen molar-refractivity contribution < 1.29 is 9.53 Å². The molecular weight excluding hydrogens is 240 g/mol. The number of ether oxygens (including phenoxy) is 1. The Morgan fingerprint density at radius 3 is 2.95 bits per heavy atom. The molecule has 1 aromatic rings. The normalized spacial score (nSPS) is 15.7. The molecule has 1 aromatic carbocycles.